The lowest BCUT2D eigenvalue weighted by molar-refractivity contribution is 0.322. The number of hydrogen-bond acceptors (Lipinski definition) is 2. The molecular weight excluding hydrogens is 162 g/mol. The van der Waals surface area contributed by atoms with Crippen molar-refractivity contribution in [3.05, 3.63) is 48.0 Å². The summed E-state index contributed by atoms with van der Waals surface area (Å²) in [4.78, 5) is 0. The molecule has 0 saturated carbocycles. The fourth-order valence-electron chi connectivity index (χ4n) is 1.38. The lowest BCUT2D eigenvalue weighted by Gasteiger charge is -1.99. The molecule has 13 heavy (non-hydrogen) atoms. The molecule has 2 aromatic carbocycles. The van der Waals surface area contributed by atoms with Crippen LogP contribution in [-0.4, -0.2) is 11.4 Å². The van der Waals surface area contributed by atoms with Gasteiger partial charge in [-0.15, -0.1) is 0 Å². The van der Waals surface area contributed by atoms with Crippen LogP contribution in [-0.2, 0) is 0 Å². The molecule has 0 unspecified atom stereocenters. The molecule has 0 amide bonds. The van der Waals surface area contributed by atoms with Crippen LogP contribution in [0.2, 0.25) is 0 Å². The van der Waals surface area contributed by atoms with Crippen molar-refractivity contribution in [2.75, 3.05) is 0 Å². The third-order valence-electron chi connectivity index (χ3n) is 1.96. The van der Waals surface area contributed by atoms with Gasteiger partial charge in [-0.2, -0.15) is 0 Å². The first kappa shape index (κ1) is 6.66. The van der Waals surface area contributed by atoms with Crippen LogP contribution in [0.1, 0.15) is 6.93 Å². The highest BCUT2D eigenvalue weighted by atomic mass is 16.4. The number of oxime groups is 1. The van der Waals surface area contributed by atoms with E-state index in [0.29, 0.717) is 5.56 Å². The van der Waals surface area contributed by atoms with Crippen LogP contribution >= 0.6 is 0 Å². The maximum Gasteiger partial charge on any atom is 0.0882 e. The first-order valence-corrected chi connectivity index (χ1v) is 3.99. The van der Waals surface area contributed by atoms with Crippen molar-refractivity contribution in [3.63, 3.8) is 0 Å². The number of benzene rings is 2. The largest absolute Gasteiger partial charge is 0.411 e. The van der Waals surface area contributed by atoms with Gasteiger partial charge in [0.2, 0.25) is 0 Å². The van der Waals surface area contributed by atoms with Gasteiger partial charge in [0, 0.05) is 5.56 Å². The molecule has 64 valence electrons. The van der Waals surface area contributed by atoms with E-state index in [2.05, 4.69) is 5.16 Å². The minimum Gasteiger partial charge on any atom is -0.411 e. The molecule has 2 rings (SSSR count). The number of hydrogen-bond donors (Lipinski definition) is 1. The van der Waals surface area contributed by atoms with Crippen LogP contribution in [0, 0.1) is 0 Å². The van der Waals surface area contributed by atoms with Gasteiger partial charge in [0.1, 0.15) is 0 Å². The van der Waals surface area contributed by atoms with Crippen molar-refractivity contribution in [3.8, 4) is 0 Å². The van der Waals surface area contributed by atoms with E-state index in [9.17, 15) is 0 Å². The third-order valence-corrected chi connectivity index (χ3v) is 1.96. The van der Waals surface area contributed by atoms with Gasteiger partial charge in [-0.05, 0) is 10.8 Å². The van der Waals surface area contributed by atoms with Crippen LogP contribution in [0.5, 0.6) is 0 Å². The van der Waals surface area contributed by atoms with E-state index < -0.39 is 0 Å². The number of fused-ring (bicyclic) bond motifs is 1. The molecule has 1 N–H and O–H groups in total. The highest BCUT2D eigenvalue weighted by molar-refractivity contribution is 5.99. The van der Waals surface area contributed by atoms with E-state index in [1.807, 2.05) is 36.4 Å². The van der Waals surface area contributed by atoms with E-state index in [4.69, 9.17) is 6.58 Å². The molecule has 2 heteroatoms. The SMILES string of the molecule is [2H]/C(=N\O)c1cccc2ccccc12. The first-order valence-electron chi connectivity index (χ1n) is 4.49. The molecule has 0 heterocycles. The summed E-state index contributed by atoms with van der Waals surface area (Å²) >= 11 is 0. The van der Waals surface area contributed by atoms with Gasteiger partial charge in [-0.25, -0.2) is 0 Å². The maximum atomic E-state index is 8.55. The Kier molecular flexibility index (Phi) is 1.68. The molecule has 2 nitrogen and oxygen atoms in total. The van der Waals surface area contributed by atoms with Crippen LogP contribution < -0.4 is 0 Å². The minimum atomic E-state index is -0.109. The monoisotopic (exact) mass is 172 g/mol. The summed E-state index contributed by atoms with van der Waals surface area (Å²) in [6, 6.07) is 13.3. The second kappa shape index (κ2) is 3.27. The van der Waals surface area contributed by atoms with Gasteiger partial charge in [0.05, 0.1) is 7.56 Å². The van der Waals surface area contributed by atoms with Gasteiger partial charge >= 0.3 is 0 Å². The summed E-state index contributed by atoms with van der Waals surface area (Å²) in [5, 5.41) is 13.4. The van der Waals surface area contributed by atoms with Gasteiger partial charge in [-0.3, -0.25) is 0 Å². The van der Waals surface area contributed by atoms with E-state index in [1.165, 1.54) is 0 Å². The molecule has 0 saturated heterocycles. The molecule has 0 spiro atoms. The standard InChI is InChI=1S/C11H9NO/c13-12-8-10-6-3-5-9-4-1-2-7-11(9)10/h1-8,13H/b12-8+/i8D. The topological polar surface area (TPSA) is 32.6 Å². The van der Waals surface area contributed by atoms with Crippen LogP contribution in [0.15, 0.2) is 47.6 Å². The van der Waals surface area contributed by atoms with E-state index >= 15 is 0 Å². The normalized spacial score (nSPS) is 12.9. The van der Waals surface area contributed by atoms with Gasteiger partial charge in [-0.1, -0.05) is 47.6 Å². The minimum absolute atomic E-state index is 0.109. The van der Waals surface area contributed by atoms with Crippen molar-refractivity contribution in [1.82, 2.24) is 0 Å². The Bertz CT molecular complexity index is 488. The van der Waals surface area contributed by atoms with Crippen molar-refractivity contribution in [2.45, 2.75) is 0 Å². The molecular formula is C11H9NO. The van der Waals surface area contributed by atoms with E-state index in [-0.39, 0.29) is 6.19 Å². The molecule has 0 fully saturated rings. The first-order chi connectivity index (χ1) is 6.83. The van der Waals surface area contributed by atoms with Crippen LogP contribution in [0.3, 0.4) is 0 Å². The van der Waals surface area contributed by atoms with E-state index in [0.717, 1.165) is 10.8 Å². The average Bonchev–Trinajstić information content (AvgIpc) is 2.27. The molecule has 0 bridgehead atoms. The number of nitrogens with zero attached hydrogens (tertiary/aromatic N) is 1. The Morgan fingerprint density at radius 3 is 2.77 bits per heavy atom. The molecule has 0 radical (unpaired) electrons. The summed E-state index contributed by atoms with van der Waals surface area (Å²) < 4.78 is 7.44. The fourth-order valence-corrected chi connectivity index (χ4v) is 1.38. The molecule has 0 aliphatic carbocycles. The van der Waals surface area contributed by atoms with Crippen molar-refractivity contribution >= 4 is 17.0 Å². The lowest BCUT2D eigenvalue weighted by atomic mass is 10.1. The van der Waals surface area contributed by atoms with Gasteiger partial charge in [0.15, 0.2) is 0 Å². The lowest BCUT2D eigenvalue weighted by Crippen LogP contribution is -1.83. The van der Waals surface area contributed by atoms with Crippen molar-refractivity contribution in [1.29, 1.82) is 0 Å². The van der Waals surface area contributed by atoms with Gasteiger partial charge in [0.25, 0.3) is 0 Å². The Labute approximate surface area is 77.5 Å². The smallest absolute Gasteiger partial charge is 0.0882 e. The quantitative estimate of drug-likeness (QED) is 0.400. The fraction of sp³-hybridized carbons (Fsp3) is 0. The zero-order chi connectivity index (χ0) is 9.97. The summed E-state index contributed by atoms with van der Waals surface area (Å²) in [6.45, 7) is 0. The van der Waals surface area contributed by atoms with Gasteiger partial charge < -0.3 is 5.21 Å². The number of rotatable bonds is 1. The molecule has 0 atom stereocenters. The predicted molar refractivity (Wildman–Crippen MR) is 53.3 cm³/mol. The molecule has 0 aliphatic rings. The van der Waals surface area contributed by atoms with Crippen LogP contribution in [0.4, 0.5) is 0 Å². The third kappa shape index (κ3) is 1.38. The second-order valence-electron chi connectivity index (χ2n) is 2.74. The average molecular weight is 172 g/mol. The Morgan fingerprint density at radius 2 is 1.92 bits per heavy atom. The molecule has 0 aliphatic heterocycles. The molecule has 0 aromatic heterocycles. The Morgan fingerprint density at radius 1 is 1.15 bits per heavy atom. The summed E-state index contributed by atoms with van der Waals surface area (Å²) in [5.74, 6) is 0. The zero-order valence-corrected chi connectivity index (χ0v) is 6.94. The highest BCUT2D eigenvalue weighted by Crippen LogP contribution is 2.16. The summed E-state index contributed by atoms with van der Waals surface area (Å²) in [6.07, 6.45) is -0.109. The van der Waals surface area contributed by atoms with E-state index in [1.54, 1.807) is 6.07 Å². The zero-order valence-electron chi connectivity index (χ0n) is 7.94. The highest BCUT2D eigenvalue weighted by Gasteiger charge is 1.95. The van der Waals surface area contributed by atoms with Crippen LogP contribution in [0.25, 0.3) is 10.8 Å². The second-order valence-corrected chi connectivity index (χ2v) is 2.74. The predicted octanol–water partition coefficient (Wildman–Crippen LogP) is 2.65. The summed E-state index contributed by atoms with van der Waals surface area (Å²) in [5.41, 5.74) is 0.644. The maximum absolute atomic E-state index is 8.55. The van der Waals surface area contributed by atoms with Crippen molar-refractivity contribution in [2.24, 2.45) is 5.16 Å². The summed E-state index contributed by atoms with van der Waals surface area (Å²) in [7, 11) is 0. The molecule has 2 aromatic rings. The Hall–Kier alpha value is -1.83. The Balaban J connectivity index is 2.77. The van der Waals surface area contributed by atoms with Crippen molar-refractivity contribution < 1.29 is 6.58 Å².